The molecule has 0 amide bonds. The summed E-state index contributed by atoms with van der Waals surface area (Å²) in [7, 11) is 1.70. The average molecular weight is 398 g/mol. The van der Waals surface area contributed by atoms with E-state index in [9.17, 15) is 0 Å². The van der Waals surface area contributed by atoms with Gasteiger partial charge in [0.05, 0.1) is 13.2 Å². The summed E-state index contributed by atoms with van der Waals surface area (Å²) in [5.74, 6) is 1.42. The number of anilines is 1. The third-order valence-electron chi connectivity index (χ3n) is 5.37. The topological polar surface area (TPSA) is 36.5 Å². The fourth-order valence-corrected chi connectivity index (χ4v) is 3.85. The fraction of sp³-hybridized carbons (Fsp3) is 0.435. The number of methoxy groups -OCH3 is 1. The standard InChI is InChI=1S/C23H31N3OS/c1-17(2)18-6-10-20(11-7-18)25-23(28)24-16-22(26-14-4-5-15-26)19-8-12-21(27-3)13-9-19/h6-13,17,22H,4-5,14-16H2,1-3H3,(H2,24,25,28). The lowest BCUT2D eigenvalue weighted by Gasteiger charge is -2.29. The van der Waals surface area contributed by atoms with Crippen molar-refractivity contribution in [1.82, 2.24) is 10.2 Å². The van der Waals surface area contributed by atoms with E-state index in [0.717, 1.165) is 31.1 Å². The zero-order chi connectivity index (χ0) is 19.9. The second-order valence-corrected chi connectivity index (χ2v) is 8.05. The predicted octanol–water partition coefficient (Wildman–Crippen LogP) is 4.94. The van der Waals surface area contributed by atoms with E-state index in [1.165, 1.54) is 24.0 Å². The molecule has 1 saturated heterocycles. The zero-order valence-corrected chi connectivity index (χ0v) is 17.9. The van der Waals surface area contributed by atoms with Crippen LogP contribution in [0.25, 0.3) is 0 Å². The molecule has 0 spiro atoms. The van der Waals surface area contributed by atoms with Crippen LogP contribution in [0.1, 0.15) is 49.8 Å². The molecule has 2 N–H and O–H groups in total. The van der Waals surface area contributed by atoms with Gasteiger partial charge in [0.25, 0.3) is 0 Å². The van der Waals surface area contributed by atoms with Crippen molar-refractivity contribution in [2.45, 2.75) is 38.6 Å². The molecule has 28 heavy (non-hydrogen) atoms. The molecule has 0 aliphatic carbocycles. The largest absolute Gasteiger partial charge is 0.497 e. The van der Waals surface area contributed by atoms with E-state index in [-0.39, 0.29) is 0 Å². The first-order valence-electron chi connectivity index (χ1n) is 10.1. The summed E-state index contributed by atoms with van der Waals surface area (Å²) in [6, 6.07) is 17.2. The van der Waals surface area contributed by atoms with Crippen molar-refractivity contribution >= 4 is 23.0 Å². The first-order valence-corrected chi connectivity index (χ1v) is 10.5. The molecule has 3 rings (SSSR count). The van der Waals surface area contributed by atoms with Crippen molar-refractivity contribution in [2.24, 2.45) is 0 Å². The number of ether oxygens (including phenoxy) is 1. The van der Waals surface area contributed by atoms with Gasteiger partial charge in [-0.15, -0.1) is 0 Å². The lowest BCUT2D eigenvalue weighted by molar-refractivity contribution is 0.246. The number of hydrogen-bond donors (Lipinski definition) is 2. The molecule has 1 aliphatic rings. The number of benzene rings is 2. The van der Waals surface area contributed by atoms with Crippen molar-refractivity contribution in [3.8, 4) is 5.75 Å². The van der Waals surface area contributed by atoms with Gasteiger partial charge >= 0.3 is 0 Å². The summed E-state index contributed by atoms with van der Waals surface area (Å²) < 4.78 is 5.30. The monoisotopic (exact) mass is 397 g/mol. The van der Waals surface area contributed by atoms with E-state index >= 15 is 0 Å². The van der Waals surface area contributed by atoms with Gasteiger partial charge in [-0.2, -0.15) is 0 Å². The molecule has 5 heteroatoms. The van der Waals surface area contributed by atoms with Crippen LogP contribution in [0.2, 0.25) is 0 Å². The van der Waals surface area contributed by atoms with Crippen molar-refractivity contribution in [3.05, 3.63) is 59.7 Å². The van der Waals surface area contributed by atoms with E-state index in [4.69, 9.17) is 17.0 Å². The number of thiocarbonyl (C=S) groups is 1. The van der Waals surface area contributed by atoms with E-state index in [1.807, 2.05) is 12.1 Å². The maximum absolute atomic E-state index is 5.54. The van der Waals surface area contributed by atoms with Gasteiger partial charge in [-0.3, -0.25) is 4.90 Å². The summed E-state index contributed by atoms with van der Waals surface area (Å²) in [6.07, 6.45) is 2.52. The highest BCUT2D eigenvalue weighted by atomic mass is 32.1. The van der Waals surface area contributed by atoms with Gasteiger partial charge in [-0.05, 0) is 79.5 Å². The number of likely N-dealkylation sites (tertiary alicyclic amines) is 1. The van der Waals surface area contributed by atoms with Gasteiger partial charge in [0.2, 0.25) is 0 Å². The number of nitrogens with zero attached hydrogens (tertiary/aromatic N) is 1. The second-order valence-electron chi connectivity index (χ2n) is 7.64. The molecule has 0 saturated carbocycles. The maximum atomic E-state index is 5.54. The Hall–Kier alpha value is -2.11. The minimum absolute atomic E-state index is 0.302. The maximum Gasteiger partial charge on any atom is 0.170 e. The molecule has 150 valence electrons. The van der Waals surface area contributed by atoms with E-state index in [1.54, 1.807) is 7.11 Å². The third-order valence-corrected chi connectivity index (χ3v) is 5.62. The van der Waals surface area contributed by atoms with Crippen LogP contribution in [0.15, 0.2) is 48.5 Å². The Labute approximate surface area is 174 Å². The zero-order valence-electron chi connectivity index (χ0n) is 17.1. The van der Waals surface area contributed by atoms with Crippen molar-refractivity contribution in [3.63, 3.8) is 0 Å². The van der Waals surface area contributed by atoms with E-state index in [0.29, 0.717) is 17.1 Å². The van der Waals surface area contributed by atoms with Crippen molar-refractivity contribution < 1.29 is 4.74 Å². The Bertz CT molecular complexity index is 752. The normalized spacial score (nSPS) is 15.4. The van der Waals surface area contributed by atoms with Crippen LogP contribution in [-0.4, -0.2) is 36.8 Å². The Morgan fingerprint density at radius 1 is 1.00 bits per heavy atom. The molecule has 1 unspecified atom stereocenters. The van der Waals surface area contributed by atoms with Gasteiger partial charge in [0, 0.05) is 12.2 Å². The summed E-state index contributed by atoms with van der Waals surface area (Å²) in [5, 5.41) is 7.39. The Kier molecular flexibility index (Phi) is 7.29. The molecule has 0 aromatic heterocycles. The number of rotatable bonds is 7. The molecule has 2 aromatic rings. The molecule has 4 nitrogen and oxygen atoms in total. The highest BCUT2D eigenvalue weighted by Gasteiger charge is 2.23. The highest BCUT2D eigenvalue weighted by Crippen LogP contribution is 2.26. The lowest BCUT2D eigenvalue weighted by atomic mass is 10.0. The van der Waals surface area contributed by atoms with Crippen LogP contribution in [0.3, 0.4) is 0 Å². The molecule has 1 atom stereocenters. The van der Waals surface area contributed by atoms with Gasteiger partial charge < -0.3 is 15.4 Å². The second kappa shape index (κ2) is 9.89. The fourth-order valence-electron chi connectivity index (χ4n) is 3.65. The number of hydrogen-bond acceptors (Lipinski definition) is 3. The molecule has 1 fully saturated rings. The molecule has 1 heterocycles. The lowest BCUT2D eigenvalue weighted by Crippen LogP contribution is -2.38. The molecule has 0 radical (unpaired) electrons. The van der Waals surface area contributed by atoms with Crippen LogP contribution >= 0.6 is 12.2 Å². The van der Waals surface area contributed by atoms with E-state index < -0.39 is 0 Å². The molecular formula is C23H31N3OS. The quantitative estimate of drug-likeness (QED) is 0.647. The SMILES string of the molecule is COc1ccc(C(CNC(=S)Nc2ccc(C(C)C)cc2)N2CCCC2)cc1. The number of nitrogens with one attached hydrogen (secondary N) is 2. The summed E-state index contributed by atoms with van der Waals surface area (Å²) in [4.78, 5) is 2.54. The Balaban J connectivity index is 1.61. The molecular weight excluding hydrogens is 366 g/mol. The first-order chi connectivity index (χ1) is 13.6. The summed E-state index contributed by atoms with van der Waals surface area (Å²) >= 11 is 5.54. The average Bonchev–Trinajstić information content (AvgIpc) is 3.23. The Morgan fingerprint density at radius 3 is 2.18 bits per heavy atom. The van der Waals surface area contributed by atoms with Crippen LogP contribution in [0, 0.1) is 0 Å². The first kappa shape index (κ1) is 20.6. The predicted molar refractivity (Wildman–Crippen MR) is 121 cm³/mol. The molecule has 1 aliphatic heterocycles. The van der Waals surface area contributed by atoms with Crippen LogP contribution < -0.4 is 15.4 Å². The van der Waals surface area contributed by atoms with Crippen LogP contribution in [0.5, 0.6) is 5.75 Å². The van der Waals surface area contributed by atoms with Crippen molar-refractivity contribution in [2.75, 3.05) is 32.1 Å². The molecule has 0 bridgehead atoms. The van der Waals surface area contributed by atoms with Crippen LogP contribution in [-0.2, 0) is 0 Å². The van der Waals surface area contributed by atoms with Gasteiger partial charge in [-0.25, -0.2) is 0 Å². The Morgan fingerprint density at radius 2 is 1.61 bits per heavy atom. The smallest absolute Gasteiger partial charge is 0.170 e. The summed E-state index contributed by atoms with van der Waals surface area (Å²) in [6.45, 7) is 7.45. The molecule has 2 aromatic carbocycles. The minimum atomic E-state index is 0.302. The van der Waals surface area contributed by atoms with Gasteiger partial charge in [0.1, 0.15) is 5.75 Å². The van der Waals surface area contributed by atoms with Gasteiger partial charge in [0.15, 0.2) is 5.11 Å². The summed E-state index contributed by atoms with van der Waals surface area (Å²) in [5.41, 5.74) is 3.64. The van der Waals surface area contributed by atoms with E-state index in [2.05, 4.69) is 65.8 Å². The van der Waals surface area contributed by atoms with Crippen LogP contribution in [0.4, 0.5) is 5.69 Å². The minimum Gasteiger partial charge on any atom is -0.497 e. The van der Waals surface area contributed by atoms with Crippen molar-refractivity contribution in [1.29, 1.82) is 0 Å². The highest BCUT2D eigenvalue weighted by molar-refractivity contribution is 7.80. The third kappa shape index (κ3) is 5.46. The van der Waals surface area contributed by atoms with Gasteiger partial charge in [-0.1, -0.05) is 38.1 Å².